The summed E-state index contributed by atoms with van der Waals surface area (Å²) in [5.41, 5.74) is 0.604. The van der Waals surface area contributed by atoms with Crippen molar-refractivity contribution in [3.8, 4) is 0 Å². The van der Waals surface area contributed by atoms with Gasteiger partial charge < -0.3 is 9.73 Å². The second-order valence-corrected chi connectivity index (χ2v) is 6.56. The Morgan fingerprint density at radius 1 is 1.04 bits per heavy atom. The summed E-state index contributed by atoms with van der Waals surface area (Å²) in [5.74, 6) is -1.02. The van der Waals surface area contributed by atoms with E-state index in [-0.39, 0.29) is 35.6 Å². The van der Waals surface area contributed by atoms with Gasteiger partial charge in [0.05, 0.1) is 6.04 Å². The number of hydrogen-bond donors (Lipinski definition) is 1. The van der Waals surface area contributed by atoms with Crippen molar-refractivity contribution in [1.82, 2.24) is 5.32 Å². The molecule has 0 fully saturated rings. The molecule has 1 heterocycles. The van der Waals surface area contributed by atoms with Crippen LogP contribution in [0.15, 0.2) is 34.7 Å². The van der Waals surface area contributed by atoms with Gasteiger partial charge in [-0.2, -0.15) is 0 Å². The number of carbonyl (C=O) groups is 3. The van der Waals surface area contributed by atoms with E-state index in [2.05, 4.69) is 5.32 Å². The highest BCUT2D eigenvalue weighted by molar-refractivity contribution is 6.00. The number of rotatable bonds is 7. The van der Waals surface area contributed by atoms with Crippen LogP contribution in [0.1, 0.15) is 44.7 Å². The SMILES string of the molecule is CC(C)C(=O)CC(NC(=O)c1cc2ccccc2o1)C(=O)C(C)C. The van der Waals surface area contributed by atoms with Gasteiger partial charge in [-0.1, -0.05) is 45.9 Å². The fourth-order valence-corrected chi connectivity index (χ4v) is 2.39. The van der Waals surface area contributed by atoms with E-state index < -0.39 is 11.9 Å². The van der Waals surface area contributed by atoms with Gasteiger partial charge in [-0.25, -0.2) is 0 Å². The Morgan fingerprint density at radius 3 is 2.29 bits per heavy atom. The van der Waals surface area contributed by atoms with Crippen LogP contribution in [0.25, 0.3) is 11.0 Å². The van der Waals surface area contributed by atoms with Crippen molar-refractivity contribution in [2.24, 2.45) is 11.8 Å². The molecule has 0 bridgehead atoms. The van der Waals surface area contributed by atoms with Gasteiger partial charge >= 0.3 is 0 Å². The monoisotopic (exact) mass is 329 g/mol. The molecule has 2 rings (SSSR count). The predicted molar refractivity (Wildman–Crippen MR) is 91.8 cm³/mol. The van der Waals surface area contributed by atoms with Crippen LogP contribution in [0.5, 0.6) is 0 Å². The minimum absolute atomic E-state index is 0.000643. The predicted octanol–water partition coefficient (Wildman–Crippen LogP) is 3.37. The maximum atomic E-state index is 12.4. The highest BCUT2D eigenvalue weighted by Crippen LogP contribution is 2.19. The summed E-state index contributed by atoms with van der Waals surface area (Å²) >= 11 is 0. The van der Waals surface area contributed by atoms with E-state index in [1.807, 2.05) is 18.2 Å². The highest BCUT2D eigenvalue weighted by atomic mass is 16.3. The number of hydrogen-bond acceptors (Lipinski definition) is 4. The molecule has 1 N–H and O–H groups in total. The first-order valence-electron chi connectivity index (χ1n) is 8.15. The van der Waals surface area contributed by atoms with Gasteiger partial charge in [-0.15, -0.1) is 0 Å². The van der Waals surface area contributed by atoms with Crippen LogP contribution in [-0.4, -0.2) is 23.5 Å². The van der Waals surface area contributed by atoms with Crippen LogP contribution in [0.2, 0.25) is 0 Å². The molecule has 2 aromatic rings. The average molecular weight is 329 g/mol. The van der Waals surface area contributed by atoms with Crippen LogP contribution in [0.3, 0.4) is 0 Å². The molecular weight excluding hydrogens is 306 g/mol. The smallest absolute Gasteiger partial charge is 0.287 e. The molecule has 0 aliphatic carbocycles. The van der Waals surface area contributed by atoms with Gasteiger partial charge in [0.2, 0.25) is 0 Å². The molecule has 1 aromatic carbocycles. The third-order valence-electron chi connectivity index (χ3n) is 3.92. The summed E-state index contributed by atoms with van der Waals surface area (Å²) in [6, 6.07) is 8.08. The topological polar surface area (TPSA) is 76.4 Å². The lowest BCUT2D eigenvalue weighted by Crippen LogP contribution is -2.44. The molecular formula is C19H23NO4. The Balaban J connectivity index is 2.19. The normalized spacial score (nSPS) is 12.6. The minimum atomic E-state index is -0.833. The molecule has 1 amide bonds. The molecule has 0 spiro atoms. The largest absolute Gasteiger partial charge is 0.451 e. The van der Waals surface area contributed by atoms with E-state index in [9.17, 15) is 14.4 Å². The summed E-state index contributed by atoms with van der Waals surface area (Å²) in [7, 11) is 0. The Kier molecular flexibility index (Phi) is 5.54. The lowest BCUT2D eigenvalue weighted by Gasteiger charge is -2.19. The third-order valence-corrected chi connectivity index (χ3v) is 3.92. The Labute approximate surface area is 141 Å². The molecule has 1 aromatic heterocycles. The number of benzene rings is 1. The molecule has 5 nitrogen and oxygen atoms in total. The van der Waals surface area contributed by atoms with Gasteiger partial charge in [0, 0.05) is 23.6 Å². The standard InChI is InChI=1S/C19H23NO4/c1-11(2)15(21)10-14(18(22)12(3)4)20-19(23)17-9-13-7-5-6-8-16(13)24-17/h5-9,11-12,14H,10H2,1-4H3,(H,20,23). The highest BCUT2D eigenvalue weighted by Gasteiger charge is 2.27. The van der Waals surface area contributed by atoms with E-state index in [1.165, 1.54) is 0 Å². The molecule has 1 atom stereocenters. The lowest BCUT2D eigenvalue weighted by atomic mass is 9.94. The molecule has 0 aliphatic rings. The fourth-order valence-electron chi connectivity index (χ4n) is 2.39. The Morgan fingerprint density at radius 2 is 1.71 bits per heavy atom. The maximum absolute atomic E-state index is 12.4. The zero-order valence-electron chi connectivity index (χ0n) is 14.5. The summed E-state index contributed by atoms with van der Waals surface area (Å²) < 4.78 is 5.52. The first-order chi connectivity index (χ1) is 11.3. The van der Waals surface area contributed by atoms with Crippen molar-refractivity contribution in [3.05, 3.63) is 36.1 Å². The van der Waals surface area contributed by atoms with Gasteiger partial charge in [-0.05, 0) is 12.1 Å². The Hall–Kier alpha value is -2.43. The van der Waals surface area contributed by atoms with E-state index in [4.69, 9.17) is 4.42 Å². The number of carbonyl (C=O) groups excluding carboxylic acids is 3. The molecule has 1 unspecified atom stereocenters. The molecule has 0 saturated heterocycles. The van der Waals surface area contributed by atoms with Crippen LogP contribution >= 0.6 is 0 Å². The number of fused-ring (bicyclic) bond motifs is 1. The second kappa shape index (κ2) is 7.43. The Bertz CT molecular complexity index is 725. The zero-order valence-corrected chi connectivity index (χ0v) is 14.5. The second-order valence-electron chi connectivity index (χ2n) is 6.56. The van der Waals surface area contributed by atoms with Crippen molar-refractivity contribution in [3.63, 3.8) is 0 Å². The molecule has 0 aliphatic heterocycles. The van der Waals surface area contributed by atoms with E-state index in [0.29, 0.717) is 5.58 Å². The number of ketones is 2. The van der Waals surface area contributed by atoms with Crippen molar-refractivity contribution >= 4 is 28.4 Å². The number of amides is 1. The number of nitrogens with one attached hydrogen (secondary N) is 1. The molecule has 128 valence electrons. The van der Waals surface area contributed by atoms with Gasteiger partial charge in [-0.3, -0.25) is 14.4 Å². The maximum Gasteiger partial charge on any atom is 0.287 e. The number of para-hydroxylation sites is 1. The number of Topliss-reactive ketones (excluding diaryl/α,β-unsaturated/α-hetero) is 2. The first-order valence-corrected chi connectivity index (χ1v) is 8.15. The zero-order chi connectivity index (χ0) is 17.9. The fraction of sp³-hybridized carbons (Fsp3) is 0.421. The molecule has 0 radical (unpaired) electrons. The molecule has 24 heavy (non-hydrogen) atoms. The summed E-state index contributed by atoms with van der Waals surface area (Å²) in [4.78, 5) is 36.8. The summed E-state index contributed by atoms with van der Waals surface area (Å²) in [6.07, 6.45) is 0.000643. The van der Waals surface area contributed by atoms with Crippen LogP contribution in [0.4, 0.5) is 0 Å². The molecule has 5 heteroatoms. The van der Waals surface area contributed by atoms with Crippen molar-refractivity contribution < 1.29 is 18.8 Å². The molecule has 0 saturated carbocycles. The van der Waals surface area contributed by atoms with Crippen LogP contribution < -0.4 is 5.32 Å². The average Bonchev–Trinajstić information content (AvgIpc) is 2.97. The van der Waals surface area contributed by atoms with Crippen molar-refractivity contribution in [2.45, 2.75) is 40.2 Å². The van der Waals surface area contributed by atoms with Crippen LogP contribution in [0, 0.1) is 11.8 Å². The first kappa shape index (κ1) is 17.9. The van der Waals surface area contributed by atoms with E-state index in [1.54, 1.807) is 39.8 Å². The third kappa shape index (κ3) is 4.10. The minimum Gasteiger partial charge on any atom is -0.451 e. The van der Waals surface area contributed by atoms with Gasteiger partial charge in [0.25, 0.3) is 5.91 Å². The van der Waals surface area contributed by atoms with Gasteiger partial charge in [0.15, 0.2) is 11.5 Å². The quantitative estimate of drug-likeness (QED) is 0.845. The lowest BCUT2D eigenvalue weighted by molar-refractivity contribution is -0.129. The van der Waals surface area contributed by atoms with Gasteiger partial charge in [0.1, 0.15) is 11.4 Å². The van der Waals surface area contributed by atoms with Crippen molar-refractivity contribution in [1.29, 1.82) is 0 Å². The van der Waals surface area contributed by atoms with E-state index >= 15 is 0 Å². The summed E-state index contributed by atoms with van der Waals surface area (Å²) in [6.45, 7) is 7.06. The van der Waals surface area contributed by atoms with Crippen LogP contribution in [-0.2, 0) is 9.59 Å². The van der Waals surface area contributed by atoms with E-state index in [0.717, 1.165) is 5.39 Å². The number of furan rings is 1. The summed E-state index contributed by atoms with van der Waals surface area (Å²) in [5, 5.41) is 3.47. The van der Waals surface area contributed by atoms with Crippen molar-refractivity contribution in [2.75, 3.05) is 0 Å².